The van der Waals surface area contributed by atoms with Crippen molar-refractivity contribution in [1.82, 2.24) is 10.1 Å². The molecule has 0 spiro atoms. The van der Waals surface area contributed by atoms with E-state index in [1.165, 1.54) is 20.0 Å². The van der Waals surface area contributed by atoms with Crippen LogP contribution in [0.5, 0.6) is 6.08 Å². The van der Waals surface area contributed by atoms with Crippen LogP contribution in [-0.2, 0) is 5.54 Å². The number of hydrogen-bond donors (Lipinski definition) is 1. The topological polar surface area (TPSA) is 74.2 Å². The van der Waals surface area contributed by atoms with Gasteiger partial charge in [-0.05, 0) is 12.8 Å². The summed E-state index contributed by atoms with van der Waals surface area (Å²) in [6.07, 6.45) is 6.80. The summed E-state index contributed by atoms with van der Waals surface area (Å²) in [5.41, 5.74) is 5.89. The highest BCUT2D eigenvalue weighted by Gasteiger charge is 2.33. The number of hydrogen-bond acceptors (Lipinski definition) is 5. The molecule has 1 saturated carbocycles. The molecule has 84 valence electrons. The van der Waals surface area contributed by atoms with E-state index in [2.05, 4.69) is 10.1 Å². The second-order valence-corrected chi connectivity index (χ2v) is 4.16. The van der Waals surface area contributed by atoms with Crippen molar-refractivity contribution in [2.75, 3.05) is 7.11 Å². The standard InChI is InChI=1S/C10H17N3O2/c1-14-9-12-8(13-15-9)10(11)6-4-2-3-5-7-10/h2-7,11H2,1H3. The third kappa shape index (κ3) is 2.12. The van der Waals surface area contributed by atoms with Crippen molar-refractivity contribution in [2.45, 2.75) is 44.1 Å². The smallest absolute Gasteiger partial charge is 0.417 e. The lowest BCUT2D eigenvalue weighted by atomic mass is 9.91. The molecule has 0 aliphatic heterocycles. The minimum Gasteiger partial charge on any atom is -0.452 e. The van der Waals surface area contributed by atoms with E-state index in [9.17, 15) is 0 Å². The molecule has 1 aliphatic rings. The van der Waals surface area contributed by atoms with Crippen LogP contribution in [0.1, 0.15) is 44.3 Å². The molecular formula is C10H17N3O2. The Bertz CT molecular complexity index is 316. The molecular weight excluding hydrogens is 194 g/mol. The van der Waals surface area contributed by atoms with Gasteiger partial charge in [0.2, 0.25) is 0 Å². The van der Waals surface area contributed by atoms with Crippen molar-refractivity contribution in [3.8, 4) is 6.08 Å². The number of rotatable bonds is 2. The Morgan fingerprint density at radius 2 is 1.93 bits per heavy atom. The molecule has 5 nitrogen and oxygen atoms in total. The first-order valence-electron chi connectivity index (χ1n) is 5.42. The van der Waals surface area contributed by atoms with Crippen LogP contribution in [0, 0.1) is 0 Å². The van der Waals surface area contributed by atoms with Crippen LogP contribution in [0.15, 0.2) is 4.52 Å². The fourth-order valence-corrected chi connectivity index (χ4v) is 2.08. The number of nitrogens with two attached hydrogens (primary N) is 1. The first-order valence-corrected chi connectivity index (χ1v) is 5.42. The Morgan fingerprint density at radius 3 is 2.47 bits per heavy atom. The lowest BCUT2D eigenvalue weighted by Crippen LogP contribution is -2.37. The first-order chi connectivity index (χ1) is 7.24. The summed E-state index contributed by atoms with van der Waals surface area (Å²) in [7, 11) is 1.51. The summed E-state index contributed by atoms with van der Waals surface area (Å²) < 4.78 is 9.78. The minimum absolute atomic E-state index is 0.194. The van der Waals surface area contributed by atoms with E-state index in [0.29, 0.717) is 5.82 Å². The molecule has 0 atom stereocenters. The van der Waals surface area contributed by atoms with Gasteiger partial charge in [0.25, 0.3) is 0 Å². The van der Waals surface area contributed by atoms with Gasteiger partial charge in [-0.3, -0.25) is 4.52 Å². The molecule has 0 saturated heterocycles. The van der Waals surface area contributed by atoms with Gasteiger partial charge < -0.3 is 10.5 Å². The lowest BCUT2D eigenvalue weighted by molar-refractivity contribution is 0.247. The highest BCUT2D eigenvalue weighted by atomic mass is 16.6. The molecule has 0 amide bonds. The molecule has 1 aromatic rings. The molecule has 15 heavy (non-hydrogen) atoms. The quantitative estimate of drug-likeness (QED) is 0.752. The maximum absolute atomic E-state index is 6.31. The number of aromatic nitrogens is 2. The van der Waals surface area contributed by atoms with Crippen LogP contribution >= 0.6 is 0 Å². The predicted octanol–water partition coefficient (Wildman–Crippen LogP) is 1.59. The van der Waals surface area contributed by atoms with Crippen LogP contribution in [0.2, 0.25) is 0 Å². The van der Waals surface area contributed by atoms with Crippen molar-refractivity contribution in [3.05, 3.63) is 5.82 Å². The zero-order chi connectivity index (χ0) is 10.7. The average Bonchev–Trinajstić information content (AvgIpc) is 2.63. The largest absolute Gasteiger partial charge is 0.452 e. The first kappa shape index (κ1) is 10.4. The van der Waals surface area contributed by atoms with Crippen LogP contribution in [-0.4, -0.2) is 17.3 Å². The van der Waals surface area contributed by atoms with Gasteiger partial charge in [0.15, 0.2) is 5.82 Å². The Kier molecular flexibility index (Phi) is 2.90. The molecule has 0 radical (unpaired) electrons. The summed E-state index contributed by atoms with van der Waals surface area (Å²) in [6, 6.07) is 0. The second-order valence-electron chi connectivity index (χ2n) is 4.16. The van der Waals surface area contributed by atoms with E-state index in [1.54, 1.807) is 0 Å². The van der Waals surface area contributed by atoms with Crippen molar-refractivity contribution in [3.63, 3.8) is 0 Å². The highest BCUT2D eigenvalue weighted by molar-refractivity contribution is 5.06. The highest BCUT2D eigenvalue weighted by Crippen LogP contribution is 2.32. The van der Waals surface area contributed by atoms with Crippen molar-refractivity contribution < 1.29 is 9.26 Å². The summed E-state index contributed by atoms with van der Waals surface area (Å²) in [5.74, 6) is 0.584. The normalized spacial score (nSPS) is 20.9. The predicted molar refractivity (Wildman–Crippen MR) is 54.4 cm³/mol. The Labute approximate surface area is 89.0 Å². The Hall–Kier alpha value is -1.10. The summed E-state index contributed by atoms with van der Waals surface area (Å²) in [5, 5.41) is 3.89. The minimum atomic E-state index is -0.420. The van der Waals surface area contributed by atoms with Gasteiger partial charge in [-0.1, -0.05) is 30.8 Å². The van der Waals surface area contributed by atoms with Crippen molar-refractivity contribution in [2.24, 2.45) is 5.73 Å². The maximum Gasteiger partial charge on any atom is 0.417 e. The van der Waals surface area contributed by atoms with Gasteiger partial charge in [0.05, 0.1) is 12.6 Å². The molecule has 5 heteroatoms. The summed E-state index contributed by atoms with van der Waals surface area (Å²) in [4.78, 5) is 4.14. The monoisotopic (exact) mass is 211 g/mol. The van der Waals surface area contributed by atoms with Crippen LogP contribution in [0.4, 0.5) is 0 Å². The molecule has 1 aliphatic carbocycles. The Balaban J connectivity index is 2.18. The van der Waals surface area contributed by atoms with Gasteiger partial charge in [-0.25, -0.2) is 0 Å². The van der Waals surface area contributed by atoms with Crippen LogP contribution in [0.25, 0.3) is 0 Å². The molecule has 0 unspecified atom stereocenters. The molecule has 2 rings (SSSR count). The lowest BCUT2D eigenvalue weighted by Gasteiger charge is -2.23. The molecule has 1 aromatic heterocycles. The zero-order valence-electron chi connectivity index (χ0n) is 9.03. The van der Waals surface area contributed by atoms with Crippen molar-refractivity contribution >= 4 is 0 Å². The van der Waals surface area contributed by atoms with Crippen LogP contribution < -0.4 is 10.5 Å². The number of nitrogens with zero attached hydrogens (tertiary/aromatic N) is 2. The zero-order valence-corrected chi connectivity index (χ0v) is 9.03. The molecule has 1 heterocycles. The van der Waals surface area contributed by atoms with E-state index in [0.717, 1.165) is 25.7 Å². The fraction of sp³-hybridized carbons (Fsp3) is 0.800. The van der Waals surface area contributed by atoms with E-state index in [1.807, 2.05) is 0 Å². The maximum atomic E-state index is 6.31. The third-order valence-corrected chi connectivity index (χ3v) is 3.02. The number of ether oxygens (including phenoxy) is 1. The SMILES string of the molecule is COc1nc(C2(N)CCCCCC2)no1. The van der Waals surface area contributed by atoms with Crippen molar-refractivity contribution in [1.29, 1.82) is 0 Å². The third-order valence-electron chi connectivity index (χ3n) is 3.02. The van der Waals surface area contributed by atoms with Gasteiger partial charge in [-0.15, -0.1) is 0 Å². The van der Waals surface area contributed by atoms with Gasteiger partial charge in [-0.2, -0.15) is 4.98 Å². The van der Waals surface area contributed by atoms with Gasteiger partial charge >= 0.3 is 6.08 Å². The van der Waals surface area contributed by atoms with E-state index in [4.69, 9.17) is 15.0 Å². The van der Waals surface area contributed by atoms with E-state index in [-0.39, 0.29) is 6.08 Å². The van der Waals surface area contributed by atoms with Gasteiger partial charge in [0, 0.05) is 0 Å². The summed E-state index contributed by atoms with van der Waals surface area (Å²) >= 11 is 0. The van der Waals surface area contributed by atoms with Gasteiger partial charge in [0.1, 0.15) is 0 Å². The van der Waals surface area contributed by atoms with E-state index < -0.39 is 5.54 Å². The second kappa shape index (κ2) is 4.18. The Morgan fingerprint density at radius 1 is 1.27 bits per heavy atom. The molecule has 2 N–H and O–H groups in total. The van der Waals surface area contributed by atoms with Crippen LogP contribution in [0.3, 0.4) is 0 Å². The molecule has 1 fully saturated rings. The van der Waals surface area contributed by atoms with E-state index >= 15 is 0 Å². The molecule has 0 bridgehead atoms. The average molecular weight is 211 g/mol. The summed E-state index contributed by atoms with van der Waals surface area (Å²) in [6.45, 7) is 0. The molecule has 0 aromatic carbocycles. The fourth-order valence-electron chi connectivity index (χ4n) is 2.08. The number of methoxy groups -OCH3 is 1.